The molecule has 1 aliphatic heterocycles. The van der Waals surface area contributed by atoms with Crippen LogP contribution < -0.4 is 10.1 Å². The topological polar surface area (TPSA) is 87.3 Å². The van der Waals surface area contributed by atoms with Gasteiger partial charge in [0.1, 0.15) is 11.4 Å². The summed E-state index contributed by atoms with van der Waals surface area (Å²) in [7, 11) is 1.63. The van der Waals surface area contributed by atoms with Crippen LogP contribution in [0.4, 0.5) is 0 Å². The third kappa shape index (κ3) is 4.66. The van der Waals surface area contributed by atoms with E-state index in [0.717, 1.165) is 55.7 Å². The Kier molecular flexibility index (Phi) is 6.35. The van der Waals surface area contributed by atoms with Gasteiger partial charge in [-0.3, -0.25) is 14.7 Å². The molecule has 1 saturated heterocycles. The van der Waals surface area contributed by atoms with Gasteiger partial charge in [-0.05, 0) is 55.9 Å². The van der Waals surface area contributed by atoms with Gasteiger partial charge in [0, 0.05) is 12.6 Å². The van der Waals surface area contributed by atoms with Gasteiger partial charge in [0.2, 0.25) is 5.91 Å². The van der Waals surface area contributed by atoms with E-state index in [4.69, 9.17) is 4.74 Å². The molecule has 2 heterocycles. The number of hydrogen-bond donors (Lipinski definition) is 2. The molecule has 4 rings (SSSR count). The Bertz CT molecular complexity index is 871. The van der Waals surface area contributed by atoms with Crippen molar-refractivity contribution in [3.05, 3.63) is 47.3 Å². The molecule has 0 bridgehead atoms. The number of amides is 2. The molecular formula is C23H30N4O3. The van der Waals surface area contributed by atoms with E-state index in [9.17, 15) is 9.59 Å². The van der Waals surface area contributed by atoms with Gasteiger partial charge in [-0.1, -0.05) is 25.0 Å². The Hall–Kier alpha value is -2.83. The van der Waals surface area contributed by atoms with E-state index in [2.05, 4.69) is 15.5 Å². The first kappa shape index (κ1) is 20.4. The molecule has 1 atom stereocenters. The van der Waals surface area contributed by atoms with E-state index >= 15 is 0 Å². The van der Waals surface area contributed by atoms with Gasteiger partial charge in [-0.15, -0.1) is 0 Å². The number of hydrogen-bond acceptors (Lipinski definition) is 4. The number of ether oxygens (including phenoxy) is 1. The number of methoxy groups -OCH3 is 1. The third-order valence-electron chi connectivity index (χ3n) is 6.22. The molecular weight excluding hydrogens is 380 g/mol. The summed E-state index contributed by atoms with van der Waals surface area (Å²) in [5.74, 6) is 0.746. The number of piperidine rings is 1. The molecule has 2 aliphatic rings. The Morgan fingerprint density at radius 2 is 1.87 bits per heavy atom. The van der Waals surface area contributed by atoms with Crippen LogP contribution >= 0.6 is 0 Å². The van der Waals surface area contributed by atoms with Crippen molar-refractivity contribution in [2.75, 3.05) is 13.7 Å². The number of likely N-dealkylation sites (tertiary alicyclic amines) is 1. The number of nitrogens with one attached hydrogen (secondary N) is 2. The number of carbonyl (C=O) groups excluding carboxylic acids is 2. The van der Waals surface area contributed by atoms with Gasteiger partial charge in [0.25, 0.3) is 5.91 Å². The van der Waals surface area contributed by atoms with Crippen molar-refractivity contribution in [1.82, 2.24) is 20.4 Å². The van der Waals surface area contributed by atoms with Crippen molar-refractivity contribution in [2.45, 2.75) is 63.5 Å². The lowest BCUT2D eigenvalue weighted by atomic mass is 9.98. The lowest BCUT2D eigenvalue weighted by Crippen LogP contribution is -2.39. The Balaban J connectivity index is 1.43. The van der Waals surface area contributed by atoms with E-state index in [0.29, 0.717) is 12.1 Å². The van der Waals surface area contributed by atoms with Crippen molar-refractivity contribution in [2.24, 2.45) is 0 Å². The number of nitrogens with zero attached hydrogens (tertiary/aromatic N) is 2. The van der Waals surface area contributed by atoms with Crippen LogP contribution in [0, 0.1) is 0 Å². The van der Waals surface area contributed by atoms with Crippen molar-refractivity contribution >= 4 is 11.8 Å². The highest BCUT2D eigenvalue weighted by Gasteiger charge is 2.30. The van der Waals surface area contributed by atoms with Crippen LogP contribution in [-0.2, 0) is 11.2 Å². The van der Waals surface area contributed by atoms with E-state index in [1.54, 1.807) is 7.11 Å². The Morgan fingerprint density at radius 3 is 2.60 bits per heavy atom. The van der Waals surface area contributed by atoms with Gasteiger partial charge in [0.05, 0.1) is 25.3 Å². The molecule has 1 saturated carbocycles. The van der Waals surface area contributed by atoms with Crippen LogP contribution in [0.25, 0.3) is 0 Å². The van der Waals surface area contributed by atoms with E-state index in [-0.39, 0.29) is 23.9 Å². The highest BCUT2D eigenvalue weighted by atomic mass is 16.5. The molecule has 2 fully saturated rings. The molecule has 2 amide bonds. The smallest absolute Gasteiger partial charge is 0.271 e. The second kappa shape index (κ2) is 9.32. The zero-order valence-corrected chi connectivity index (χ0v) is 17.5. The Labute approximate surface area is 177 Å². The molecule has 1 aliphatic carbocycles. The molecule has 7 nitrogen and oxygen atoms in total. The van der Waals surface area contributed by atoms with Gasteiger partial charge >= 0.3 is 0 Å². The van der Waals surface area contributed by atoms with Crippen LogP contribution in [-0.4, -0.2) is 46.6 Å². The molecule has 0 radical (unpaired) electrons. The molecule has 1 aromatic carbocycles. The zero-order valence-electron chi connectivity index (χ0n) is 17.5. The molecule has 2 aromatic rings. The number of H-pyrrole nitrogens is 1. The van der Waals surface area contributed by atoms with Crippen molar-refractivity contribution in [1.29, 1.82) is 0 Å². The molecule has 0 spiro atoms. The number of aromatic nitrogens is 2. The highest BCUT2D eigenvalue weighted by Crippen LogP contribution is 2.31. The van der Waals surface area contributed by atoms with Gasteiger partial charge < -0.3 is 15.0 Å². The summed E-state index contributed by atoms with van der Waals surface area (Å²) in [6, 6.07) is 9.61. The number of aromatic amines is 1. The predicted molar refractivity (Wildman–Crippen MR) is 113 cm³/mol. The monoisotopic (exact) mass is 410 g/mol. The summed E-state index contributed by atoms with van der Waals surface area (Å²) in [4.78, 5) is 27.5. The molecule has 0 unspecified atom stereocenters. The fraction of sp³-hybridized carbons (Fsp3) is 0.522. The van der Waals surface area contributed by atoms with Crippen LogP contribution in [0.5, 0.6) is 5.75 Å². The number of benzene rings is 1. The Morgan fingerprint density at radius 1 is 1.13 bits per heavy atom. The van der Waals surface area contributed by atoms with Crippen molar-refractivity contribution in [3.63, 3.8) is 0 Å². The minimum Gasteiger partial charge on any atom is -0.497 e. The lowest BCUT2D eigenvalue weighted by molar-refractivity contribution is -0.134. The minimum absolute atomic E-state index is 0.0648. The second-order valence-electron chi connectivity index (χ2n) is 8.29. The molecule has 30 heavy (non-hydrogen) atoms. The summed E-state index contributed by atoms with van der Waals surface area (Å²) in [6.07, 6.45) is 7.70. The summed E-state index contributed by atoms with van der Waals surface area (Å²) < 4.78 is 5.19. The summed E-state index contributed by atoms with van der Waals surface area (Å²) in [6.45, 7) is 0.724. The first-order valence-electron chi connectivity index (χ1n) is 10.9. The first-order valence-corrected chi connectivity index (χ1v) is 10.9. The maximum Gasteiger partial charge on any atom is 0.271 e. The largest absolute Gasteiger partial charge is 0.497 e. The third-order valence-corrected chi connectivity index (χ3v) is 6.22. The van der Waals surface area contributed by atoms with Gasteiger partial charge in [-0.2, -0.15) is 5.10 Å². The average Bonchev–Trinajstić information content (AvgIpc) is 3.46. The number of rotatable bonds is 6. The summed E-state index contributed by atoms with van der Waals surface area (Å²) >= 11 is 0. The summed E-state index contributed by atoms with van der Waals surface area (Å²) in [5, 5.41) is 10.3. The lowest BCUT2D eigenvalue weighted by Gasteiger charge is -2.35. The SMILES string of the molecule is COc1ccc(CC(=O)N2CCCC[C@H]2c2cc(C(=O)NC3CCCC3)n[nH]2)cc1. The fourth-order valence-electron chi connectivity index (χ4n) is 4.53. The van der Waals surface area contributed by atoms with Crippen LogP contribution in [0.3, 0.4) is 0 Å². The van der Waals surface area contributed by atoms with E-state index < -0.39 is 0 Å². The molecule has 7 heteroatoms. The normalized spacial score (nSPS) is 19.6. The second-order valence-corrected chi connectivity index (χ2v) is 8.29. The van der Waals surface area contributed by atoms with Crippen LogP contribution in [0.1, 0.15) is 72.7 Å². The van der Waals surface area contributed by atoms with Crippen molar-refractivity contribution < 1.29 is 14.3 Å². The zero-order chi connectivity index (χ0) is 20.9. The maximum absolute atomic E-state index is 13.1. The highest BCUT2D eigenvalue weighted by molar-refractivity contribution is 5.92. The minimum atomic E-state index is -0.128. The molecule has 2 N–H and O–H groups in total. The van der Waals surface area contributed by atoms with E-state index in [1.165, 1.54) is 12.8 Å². The van der Waals surface area contributed by atoms with E-state index in [1.807, 2.05) is 35.2 Å². The van der Waals surface area contributed by atoms with Gasteiger partial charge in [-0.25, -0.2) is 0 Å². The molecule has 160 valence electrons. The number of carbonyl (C=O) groups is 2. The summed E-state index contributed by atoms with van der Waals surface area (Å²) in [5.41, 5.74) is 2.21. The molecule has 1 aromatic heterocycles. The van der Waals surface area contributed by atoms with Gasteiger partial charge in [0.15, 0.2) is 0 Å². The first-order chi connectivity index (χ1) is 14.6. The fourth-order valence-corrected chi connectivity index (χ4v) is 4.53. The predicted octanol–water partition coefficient (Wildman–Crippen LogP) is 3.39. The standard InChI is InChI=1S/C23H30N4O3/c1-30-18-11-9-16(10-12-18)14-22(28)27-13-5-4-8-21(27)19-15-20(26-25-19)23(29)24-17-6-2-3-7-17/h9-12,15,17,21H,2-8,13-14H2,1H3,(H,24,29)(H,25,26)/t21-/m0/s1. The van der Waals surface area contributed by atoms with Crippen LogP contribution in [0.2, 0.25) is 0 Å². The average molecular weight is 411 g/mol. The van der Waals surface area contributed by atoms with Crippen molar-refractivity contribution in [3.8, 4) is 5.75 Å². The quantitative estimate of drug-likeness (QED) is 0.764. The van der Waals surface area contributed by atoms with Crippen LogP contribution in [0.15, 0.2) is 30.3 Å². The maximum atomic E-state index is 13.1.